The van der Waals surface area contributed by atoms with Crippen molar-refractivity contribution in [2.24, 2.45) is 11.8 Å². The Kier molecular flexibility index (Phi) is 3.90. The van der Waals surface area contributed by atoms with Crippen molar-refractivity contribution in [1.82, 2.24) is 9.78 Å². The third kappa shape index (κ3) is 2.72. The van der Waals surface area contributed by atoms with Gasteiger partial charge in [-0.2, -0.15) is 5.10 Å². The second-order valence-corrected chi connectivity index (χ2v) is 5.87. The number of fused-ring (bicyclic) bond motifs is 1. The molecule has 0 spiro atoms. The molecule has 0 saturated carbocycles. The number of carboxylic acids is 1. The first kappa shape index (κ1) is 15.3. The zero-order valence-corrected chi connectivity index (χ0v) is 13.0. The van der Waals surface area contributed by atoms with Crippen LogP contribution in [0.1, 0.15) is 28.5 Å². The van der Waals surface area contributed by atoms with E-state index >= 15 is 0 Å². The molecule has 0 amide bonds. The van der Waals surface area contributed by atoms with Gasteiger partial charge >= 0.3 is 5.97 Å². The smallest absolute Gasteiger partial charge is 0.314 e. The van der Waals surface area contributed by atoms with Gasteiger partial charge in [0.15, 0.2) is 5.78 Å². The van der Waals surface area contributed by atoms with Gasteiger partial charge in [-0.3, -0.25) is 14.3 Å². The van der Waals surface area contributed by atoms with E-state index in [2.05, 4.69) is 5.10 Å². The Morgan fingerprint density at radius 1 is 1.39 bits per heavy atom. The van der Waals surface area contributed by atoms with Gasteiger partial charge < -0.3 is 9.84 Å². The molecular weight excluding hydrogens is 296 g/mol. The number of aromatic nitrogens is 2. The highest BCUT2D eigenvalue weighted by atomic mass is 16.5. The summed E-state index contributed by atoms with van der Waals surface area (Å²) in [6.07, 6.45) is 2.03. The van der Waals surface area contributed by atoms with E-state index in [1.54, 1.807) is 18.7 Å². The molecule has 0 saturated heterocycles. The fraction of sp³-hybridized carbons (Fsp3) is 0.353. The standard InChI is InChI=1S/C17H18N2O4/c1-10-7-14-13(16(20)15(10)17(21)22)8-18-19(14)9-11-3-5-12(23-2)6-4-11/h3-6,8,10,15H,7,9H2,1-2H3,(H,21,22)/t10-,15+/m0/s1. The molecule has 1 aromatic carbocycles. The maximum atomic E-state index is 12.4. The molecule has 1 heterocycles. The van der Waals surface area contributed by atoms with Crippen LogP contribution >= 0.6 is 0 Å². The van der Waals surface area contributed by atoms with Crippen molar-refractivity contribution in [1.29, 1.82) is 0 Å². The van der Waals surface area contributed by atoms with E-state index in [1.165, 1.54) is 6.20 Å². The molecule has 1 aromatic heterocycles. The average Bonchev–Trinajstić information content (AvgIpc) is 2.91. The summed E-state index contributed by atoms with van der Waals surface area (Å²) in [4.78, 5) is 23.7. The first-order valence-corrected chi connectivity index (χ1v) is 7.46. The number of hydrogen-bond acceptors (Lipinski definition) is 4. The molecule has 23 heavy (non-hydrogen) atoms. The number of ketones is 1. The van der Waals surface area contributed by atoms with Crippen LogP contribution in [0.5, 0.6) is 5.75 Å². The van der Waals surface area contributed by atoms with Crippen molar-refractivity contribution >= 4 is 11.8 Å². The molecule has 0 unspecified atom stereocenters. The molecule has 0 bridgehead atoms. The number of rotatable bonds is 4. The van der Waals surface area contributed by atoms with E-state index in [1.807, 2.05) is 24.3 Å². The number of benzene rings is 1. The lowest BCUT2D eigenvalue weighted by Gasteiger charge is -2.25. The van der Waals surface area contributed by atoms with E-state index in [-0.39, 0.29) is 11.7 Å². The summed E-state index contributed by atoms with van der Waals surface area (Å²) in [5, 5.41) is 13.5. The Bertz CT molecular complexity index is 748. The number of ether oxygens (including phenoxy) is 1. The van der Waals surface area contributed by atoms with Gasteiger partial charge in [0.2, 0.25) is 0 Å². The van der Waals surface area contributed by atoms with Gasteiger partial charge in [-0.25, -0.2) is 0 Å². The van der Waals surface area contributed by atoms with Crippen LogP contribution in [0.4, 0.5) is 0 Å². The predicted octanol–water partition coefficient (Wildman–Crippen LogP) is 2.02. The second-order valence-electron chi connectivity index (χ2n) is 5.87. The zero-order valence-electron chi connectivity index (χ0n) is 13.0. The van der Waals surface area contributed by atoms with Gasteiger partial charge in [-0.05, 0) is 30.0 Å². The lowest BCUT2D eigenvalue weighted by Crippen LogP contribution is -2.36. The van der Waals surface area contributed by atoms with E-state index in [0.717, 1.165) is 17.0 Å². The topological polar surface area (TPSA) is 81.4 Å². The van der Waals surface area contributed by atoms with Gasteiger partial charge in [0, 0.05) is 5.69 Å². The Hall–Kier alpha value is -2.63. The number of carbonyl (C=O) groups is 2. The lowest BCUT2D eigenvalue weighted by atomic mass is 9.78. The predicted molar refractivity (Wildman–Crippen MR) is 82.6 cm³/mol. The number of carbonyl (C=O) groups excluding carboxylic acids is 1. The number of nitrogens with zero attached hydrogens (tertiary/aromatic N) is 2. The molecule has 6 nitrogen and oxygen atoms in total. The van der Waals surface area contributed by atoms with Crippen LogP contribution < -0.4 is 4.74 Å². The summed E-state index contributed by atoms with van der Waals surface area (Å²) < 4.78 is 6.92. The minimum absolute atomic E-state index is 0.237. The number of aliphatic carboxylic acids is 1. The van der Waals surface area contributed by atoms with Crippen LogP contribution in [0.25, 0.3) is 0 Å². The zero-order chi connectivity index (χ0) is 16.6. The third-order valence-corrected chi connectivity index (χ3v) is 4.34. The Morgan fingerprint density at radius 2 is 2.09 bits per heavy atom. The molecule has 0 fully saturated rings. The van der Waals surface area contributed by atoms with Crippen LogP contribution in [0, 0.1) is 11.8 Å². The van der Waals surface area contributed by atoms with E-state index in [4.69, 9.17) is 4.74 Å². The van der Waals surface area contributed by atoms with Gasteiger partial charge in [0.1, 0.15) is 11.7 Å². The maximum Gasteiger partial charge on any atom is 0.314 e. The summed E-state index contributed by atoms with van der Waals surface area (Å²) in [5.74, 6) is -1.83. The Morgan fingerprint density at radius 3 is 2.70 bits per heavy atom. The number of carboxylic acid groups (broad SMARTS) is 1. The monoisotopic (exact) mass is 314 g/mol. The third-order valence-electron chi connectivity index (χ3n) is 4.34. The number of methoxy groups -OCH3 is 1. The van der Waals surface area contributed by atoms with Gasteiger partial charge in [0.05, 0.1) is 25.4 Å². The minimum Gasteiger partial charge on any atom is -0.497 e. The van der Waals surface area contributed by atoms with Crippen molar-refractivity contribution in [2.75, 3.05) is 7.11 Å². The first-order valence-electron chi connectivity index (χ1n) is 7.46. The van der Waals surface area contributed by atoms with Gasteiger partial charge in [0.25, 0.3) is 0 Å². The molecule has 6 heteroatoms. The van der Waals surface area contributed by atoms with E-state index < -0.39 is 11.9 Å². The highest BCUT2D eigenvalue weighted by Crippen LogP contribution is 2.30. The Labute approximate surface area is 133 Å². The fourth-order valence-corrected chi connectivity index (χ4v) is 3.08. The molecule has 1 aliphatic carbocycles. The van der Waals surface area contributed by atoms with Crippen LogP contribution in [-0.2, 0) is 17.8 Å². The van der Waals surface area contributed by atoms with Crippen LogP contribution in [0.3, 0.4) is 0 Å². The fourth-order valence-electron chi connectivity index (χ4n) is 3.08. The highest BCUT2D eigenvalue weighted by Gasteiger charge is 2.40. The summed E-state index contributed by atoms with van der Waals surface area (Å²) in [7, 11) is 1.62. The van der Waals surface area contributed by atoms with E-state index in [9.17, 15) is 14.7 Å². The number of Topliss-reactive ketones (excluding diaryl/α,β-unsaturated/α-hetero) is 1. The molecule has 0 aliphatic heterocycles. The minimum atomic E-state index is -1.06. The summed E-state index contributed by atoms with van der Waals surface area (Å²) >= 11 is 0. The summed E-state index contributed by atoms with van der Waals surface area (Å²) in [5.41, 5.74) is 2.29. The lowest BCUT2D eigenvalue weighted by molar-refractivity contribution is -0.141. The van der Waals surface area contributed by atoms with Gasteiger partial charge in [-0.1, -0.05) is 19.1 Å². The highest BCUT2D eigenvalue weighted by molar-refractivity contribution is 6.09. The SMILES string of the molecule is COc1ccc(Cn2ncc3c2C[C@H](C)[C@@H](C(=O)O)C3=O)cc1. The summed E-state index contributed by atoms with van der Waals surface area (Å²) in [6.45, 7) is 2.33. The van der Waals surface area contributed by atoms with Crippen LogP contribution in [0.15, 0.2) is 30.5 Å². The van der Waals surface area contributed by atoms with Crippen LogP contribution in [0.2, 0.25) is 0 Å². The molecular formula is C17H18N2O4. The van der Waals surface area contributed by atoms with Crippen LogP contribution in [-0.4, -0.2) is 33.7 Å². The summed E-state index contributed by atoms with van der Waals surface area (Å²) in [6, 6.07) is 7.64. The number of hydrogen-bond donors (Lipinski definition) is 1. The normalized spacial score (nSPS) is 20.2. The molecule has 2 atom stereocenters. The first-order chi connectivity index (χ1) is 11.0. The molecule has 120 valence electrons. The van der Waals surface area contributed by atoms with Crippen molar-refractivity contribution in [3.8, 4) is 5.75 Å². The molecule has 1 N–H and O–H groups in total. The largest absolute Gasteiger partial charge is 0.497 e. The second kappa shape index (κ2) is 5.87. The van der Waals surface area contributed by atoms with Crippen molar-refractivity contribution < 1.29 is 19.4 Å². The van der Waals surface area contributed by atoms with Gasteiger partial charge in [-0.15, -0.1) is 0 Å². The maximum absolute atomic E-state index is 12.4. The Balaban J connectivity index is 1.88. The van der Waals surface area contributed by atoms with E-state index in [0.29, 0.717) is 18.5 Å². The van der Waals surface area contributed by atoms with Crippen molar-refractivity contribution in [3.05, 3.63) is 47.3 Å². The average molecular weight is 314 g/mol. The van der Waals surface area contributed by atoms with Crippen molar-refractivity contribution in [3.63, 3.8) is 0 Å². The molecule has 1 aliphatic rings. The van der Waals surface area contributed by atoms with Crippen molar-refractivity contribution in [2.45, 2.75) is 19.9 Å². The molecule has 2 aromatic rings. The quantitative estimate of drug-likeness (QED) is 0.873. The molecule has 0 radical (unpaired) electrons. The molecule has 3 rings (SSSR count).